The highest BCUT2D eigenvalue weighted by atomic mass is 16.3. The van der Waals surface area contributed by atoms with Crippen LogP contribution in [0.2, 0.25) is 0 Å². The SMILES string of the molecule is CCCn1nc(-c2ccco2)cc1C(=O)Nc1cccc(C)c1. The summed E-state index contributed by atoms with van der Waals surface area (Å²) in [6.07, 6.45) is 2.49. The first-order valence-electron chi connectivity index (χ1n) is 7.67. The summed E-state index contributed by atoms with van der Waals surface area (Å²) in [5.41, 5.74) is 3.07. The van der Waals surface area contributed by atoms with Crippen LogP contribution in [0, 0.1) is 6.92 Å². The molecule has 0 saturated carbocycles. The first kappa shape index (κ1) is 15.1. The average molecular weight is 309 g/mol. The van der Waals surface area contributed by atoms with E-state index in [2.05, 4.69) is 17.3 Å². The molecule has 5 heteroatoms. The van der Waals surface area contributed by atoms with Crippen LogP contribution in [0.3, 0.4) is 0 Å². The monoisotopic (exact) mass is 309 g/mol. The third-order valence-corrected chi connectivity index (χ3v) is 3.50. The molecule has 1 aromatic carbocycles. The van der Waals surface area contributed by atoms with Gasteiger partial charge in [0.05, 0.1) is 6.26 Å². The van der Waals surface area contributed by atoms with Crippen LogP contribution in [0.25, 0.3) is 11.5 Å². The van der Waals surface area contributed by atoms with Crippen LogP contribution in [0.1, 0.15) is 29.4 Å². The van der Waals surface area contributed by atoms with Crippen molar-refractivity contribution >= 4 is 11.6 Å². The smallest absolute Gasteiger partial charge is 0.273 e. The predicted octanol–water partition coefficient (Wildman–Crippen LogP) is 4.11. The van der Waals surface area contributed by atoms with E-state index in [-0.39, 0.29) is 5.91 Å². The fourth-order valence-corrected chi connectivity index (χ4v) is 2.44. The molecule has 0 aliphatic rings. The lowest BCUT2D eigenvalue weighted by molar-refractivity contribution is 0.101. The molecule has 0 fully saturated rings. The first-order valence-corrected chi connectivity index (χ1v) is 7.67. The molecule has 118 valence electrons. The molecule has 0 aliphatic heterocycles. The second kappa shape index (κ2) is 6.52. The standard InChI is InChI=1S/C18H19N3O2/c1-3-9-21-16(12-15(20-21)17-8-5-10-23-17)18(22)19-14-7-4-6-13(2)11-14/h4-8,10-12H,3,9H2,1-2H3,(H,19,22). The Bertz CT molecular complexity index is 804. The maximum absolute atomic E-state index is 12.6. The van der Waals surface area contributed by atoms with E-state index < -0.39 is 0 Å². The van der Waals surface area contributed by atoms with Gasteiger partial charge >= 0.3 is 0 Å². The van der Waals surface area contributed by atoms with E-state index in [0.717, 1.165) is 17.7 Å². The molecule has 3 rings (SSSR count). The molecule has 0 aliphatic carbocycles. The van der Waals surface area contributed by atoms with Crippen molar-refractivity contribution in [2.45, 2.75) is 26.8 Å². The van der Waals surface area contributed by atoms with Gasteiger partial charge < -0.3 is 9.73 Å². The second-order valence-corrected chi connectivity index (χ2v) is 5.44. The fraction of sp³-hybridized carbons (Fsp3) is 0.222. The minimum Gasteiger partial charge on any atom is -0.463 e. The van der Waals surface area contributed by atoms with Gasteiger partial charge in [0.2, 0.25) is 0 Å². The number of anilines is 1. The number of furan rings is 1. The summed E-state index contributed by atoms with van der Waals surface area (Å²) in [5, 5.41) is 7.41. The summed E-state index contributed by atoms with van der Waals surface area (Å²) < 4.78 is 7.10. The Kier molecular flexibility index (Phi) is 4.28. The van der Waals surface area contributed by atoms with Gasteiger partial charge in [-0.15, -0.1) is 0 Å². The van der Waals surface area contributed by atoms with Gasteiger partial charge in [-0.3, -0.25) is 9.48 Å². The van der Waals surface area contributed by atoms with E-state index >= 15 is 0 Å². The Morgan fingerprint density at radius 1 is 1.26 bits per heavy atom. The minimum absolute atomic E-state index is 0.172. The Hall–Kier alpha value is -2.82. The molecule has 5 nitrogen and oxygen atoms in total. The first-order chi connectivity index (χ1) is 11.2. The van der Waals surface area contributed by atoms with Crippen molar-refractivity contribution in [3.63, 3.8) is 0 Å². The summed E-state index contributed by atoms with van der Waals surface area (Å²) >= 11 is 0. The van der Waals surface area contributed by atoms with Gasteiger partial charge in [0.1, 0.15) is 11.4 Å². The van der Waals surface area contributed by atoms with Gasteiger partial charge in [0, 0.05) is 18.3 Å². The van der Waals surface area contributed by atoms with Crippen molar-refractivity contribution in [2.24, 2.45) is 0 Å². The largest absolute Gasteiger partial charge is 0.463 e. The average Bonchev–Trinajstić information content (AvgIpc) is 3.16. The van der Waals surface area contributed by atoms with Crippen molar-refractivity contribution in [1.82, 2.24) is 9.78 Å². The zero-order valence-electron chi connectivity index (χ0n) is 13.2. The highest BCUT2D eigenvalue weighted by molar-refractivity contribution is 6.03. The number of nitrogens with one attached hydrogen (secondary N) is 1. The number of amides is 1. The van der Waals surface area contributed by atoms with Crippen LogP contribution >= 0.6 is 0 Å². The number of aromatic nitrogens is 2. The normalized spacial score (nSPS) is 10.7. The zero-order chi connectivity index (χ0) is 16.2. The number of carbonyl (C=O) groups excluding carboxylic acids is 1. The van der Waals surface area contributed by atoms with Gasteiger partial charge in [-0.05, 0) is 43.2 Å². The summed E-state index contributed by atoms with van der Waals surface area (Å²) in [6, 6.07) is 13.1. The molecular formula is C18H19N3O2. The van der Waals surface area contributed by atoms with Crippen molar-refractivity contribution in [1.29, 1.82) is 0 Å². The minimum atomic E-state index is -0.172. The molecule has 2 aromatic heterocycles. The molecule has 1 N–H and O–H groups in total. The molecule has 0 spiro atoms. The van der Waals surface area contributed by atoms with Gasteiger partial charge in [-0.1, -0.05) is 19.1 Å². The number of aryl methyl sites for hydroxylation is 2. The van der Waals surface area contributed by atoms with Crippen molar-refractivity contribution in [3.05, 3.63) is 60.0 Å². The van der Waals surface area contributed by atoms with Gasteiger partial charge in [0.25, 0.3) is 5.91 Å². The van der Waals surface area contributed by atoms with E-state index in [1.165, 1.54) is 0 Å². The number of carbonyl (C=O) groups is 1. The summed E-state index contributed by atoms with van der Waals surface area (Å²) in [5.74, 6) is 0.485. The quantitative estimate of drug-likeness (QED) is 0.771. The van der Waals surface area contributed by atoms with Crippen LogP contribution in [0.5, 0.6) is 0 Å². The molecule has 0 radical (unpaired) electrons. The number of nitrogens with zero attached hydrogens (tertiary/aromatic N) is 2. The molecule has 0 bridgehead atoms. The predicted molar refractivity (Wildman–Crippen MR) is 89.4 cm³/mol. The van der Waals surface area contributed by atoms with Crippen LogP contribution in [0.4, 0.5) is 5.69 Å². The molecule has 0 unspecified atom stereocenters. The summed E-state index contributed by atoms with van der Waals surface area (Å²) in [4.78, 5) is 12.6. The number of hydrogen-bond donors (Lipinski definition) is 1. The van der Waals surface area contributed by atoms with E-state index in [0.29, 0.717) is 23.7 Å². The lowest BCUT2D eigenvalue weighted by Crippen LogP contribution is -2.17. The third-order valence-electron chi connectivity index (χ3n) is 3.50. The molecule has 3 aromatic rings. The van der Waals surface area contributed by atoms with E-state index in [1.54, 1.807) is 23.1 Å². The van der Waals surface area contributed by atoms with E-state index in [4.69, 9.17) is 4.42 Å². The van der Waals surface area contributed by atoms with Crippen molar-refractivity contribution < 1.29 is 9.21 Å². The lowest BCUT2D eigenvalue weighted by atomic mass is 10.2. The Labute approximate surface area is 134 Å². The second-order valence-electron chi connectivity index (χ2n) is 5.44. The summed E-state index contributed by atoms with van der Waals surface area (Å²) in [6.45, 7) is 4.72. The fourth-order valence-electron chi connectivity index (χ4n) is 2.44. The lowest BCUT2D eigenvalue weighted by Gasteiger charge is -2.07. The van der Waals surface area contributed by atoms with Crippen molar-refractivity contribution in [2.75, 3.05) is 5.32 Å². The highest BCUT2D eigenvalue weighted by Crippen LogP contribution is 2.21. The molecule has 0 atom stereocenters. The summed E-state index contributed by atoms with van der Waals surface area (Å²) in [7, 11) is 0. The maximum atomic E-state index is 12.6. The maximum Gasteiger partial charge on any atom is 0.273 e. The van der Waals surface area contributed by atoms with Gasteiger partial charge in [0.15, 0.2) is 5.76 Å². The molecule has 23 heavy (non-hydrogen) atoms. The molecule has 0 saturated heterocycles. The third kappa shape index (κ3) is 3.34. The van der Waals surface area contributed by atoms with Crippen molar-refractivity contribution in [3.8, 4) is 11.5 Å². The van der Waals surface area contributed by atoms with Gasteiger partial charge in [-0.2, -0.15) is 5.10 Å². The van der Waals surface area contributed by atoms with E-state index in [9.17, 15) is 4.79 Å². The number of rotatable bonds is 5. The Morgan fingerprint density at radius 2 is 2.13 bits per heavy atom. The van der Waals surface area contributed by atoms with E-state index in [1.807, 2.05) is 37.3 Å². The highest BCUT2D eigenvalue weighted by Gasteiger charge is 2.17. The Balaban J connectivity index is 1.89. The molecular weight excluding hydrogens is 290 g/mol. The molecule has 1 amide bonds. The molecule has 2 heterocycles. The zero-order valence-corrected chi connectivity index (χ0v) is 13.2. The number of hydrogen-bond acceptors (Lipinski definition) is 3. The van der Waals surface area contributed by atoms with Gasteiger partial charge in [-0.25, -0.2) is 0 Å². The van der Waals surface area contributed by atoms with Crippen LogP contribution in [0.15, 0.2) is 53.1 Å². The topological polar surface area (TPSA) is 60.1 Å². The Morgan fingerprint density at radius 3 is 2.83 bits per heavy atom. The van der Waals surface area contributed by atoms with Crippen LogP contribution < -0.4 is 5.32 Å². The number of benzene rings is 1. The van der Waals surface area contributed by atoms with Crippen LogP contribution in [-0.4, -0.2) is 15.7 Å². The van der Waals surface area contributed by atoms with Crippen LogP contribution in [-0.2, 0) is 6.54 Å².